The summed E-state index contributed by atoms with van der Waals surface area (Å²) in [4.78, 5) is 26.4. The third-order valence-corrected chi connectivity index (χ3v) is 4.65. The lowest BCUT2D eigenvalue weighted by Crippen LogP contribution is -2.34. The fourth-order valence-electron chi connectivity index (χ4n) is 2.95. The highest BCUT2D eigenvalue weighted by Gasteiger charge is 2.23. The van der Waals surface area contributed by atoms with E-state index in [4.69, 9.17) is 11.6 Å². The highest BCUT2D eigenvalue weighted by molar-refractivity contribution is 6.31. The van der Waals surface area contributed by atoms with Crippen molar-refractivity contribution in [2.45, 2.75) is 46.5 Å². The van der Waals surface area contributed by atoms with Gasteiger partial charge < -0.3 is 10.2 Å². The number of anilines is 2. The van der Waals surface area contributed by atoms with E-state index in [1.807, 2.05) is 37.3 Å². The zero-order chi connectivity index (χ0) is 20.2. The van der Waals surface area contributed by atoms with Gasteiger partial charge >= 0.3 is 0 Å². The quantitative estimate of drug-likeness (QED) is 0.755. The number of amides is 2. The number of halogens is 1. The number of carbonyl (C=O) groups excluding carboxylic acids is 2. The third kappa shape index (κ3) is 5.57. The van der Waals surface area contributed by atoms with Crippen molar-refractivity contribution < 1.29 is 9.59 Å². The molecule has 0 saturated carbocycles. The van der Waals surface area contributed by atoms with Crippen molar-refractivity contribution in [3.63, 3.8) is 0 Å². The Balaban J connectivity index is 2.15. The van der Waals surface area contributed by atoms with Crippen LogP contribution in [-0.4, -0.2) is 18.4 Å². The van der Waals surface area contributed by atoms with Crippen LogP contribution in [0.25, 0.3) is 0 Å². The fourth-order valence-corrected chi connectivity index (χ4v) is 3.12. The van der Waals surface area contributed by atoms with E-state index in [1.54, 1.807) is 17.0 Å². The van der Waals surface area contributed by atoms with Crippen LogP contribution in [0.15, 0.2) is 42.5 Å². The van der Waals surface area contributed by atoms with Crippen molar-refractivity contribution in [1.82, 2.24) is 0 Å². The van der Waals surface area contributed by atoms with Crippen molar-refractivity contribution in [2.75, 3.05) is 16.8 Å². The highest BCUT2D eigenvalue weighted by Crippen LogP contribution is 2.32. The SMILES string of the molecule is CC(=O)N(CCC(=O)Nc1cc(Cl)ccc1C)c1ccccc1C(C)(C)C. The maximum absolute atomic E-state index is 12.4. The number of para-hydroxylation sites is 1. The lowest BCUT2D eigenvalue weighted by atomic mass is 9.85. The first-order valence-corrected chi connectivity index (χ1v) is 9.41. The van der Waals surface area contributed by atoms with E-state index in [0.717, 1.165) is 16.8 Å². The number of nitrogens with zero attached hydrogens (tertiary/aromatic N) is 1. The number of hydrogen-bond donors (Lipinski definition) is 1. The minimum atomic E-state index is -0.153. The summed E-state index contributed by atoms with van der Waals surface area (Å²) >= 11 is 6.01. The Morgan fingerprint density at radius 1 is 1.11 bits per heavy atom. The van der Waals surface area contributed by atoms with Gasteiger partial charge in [-0.2, -0.15) is 0 Å². The molecule has 0 spiro atoms. The van der Waals surface area contributed by atoms with E-state index < -0.39 is 0 Å². The predicted octanol–water partition coefficient (Wildman–Crippen LogP) is 5.33. The summed E-state index contributed by atoms with van der Waals surface area (Å²) in [7, 11) is 0. The lowest BCUT2D eigenvalue weighted by molar-refractivity contribution is -0.117. The van der Waals surface area contributed by atoms with E-state index in [2.05, 4.69) is 26.1 Å². The van der Waals surface area contributed by atoms with Gasteiger partial charge in [0.1, 0.15) is 0 Å². The zero-order valence-corrected chi connectivity index (χ0v) is 17.4. The summed E-state index contributed by atoms with van der Waals surface area (Å²) in [6.07, 6.45) is 0.198. The van der Waals surface area contributed by atoms with Crippen LogP contribution in [0.2, 0.25) is 5.02 Å². The van der Waals surface area contributed by atoms with Crippen LogP contribution in [0.5, 0.6) is 0 Å². The van der Waals surface area contributed by atoms with Crippen LogP contribution in [0.4, 0.5) is 11.4 Å². The van der Waals surface area contributed by atoms with Gasteiger partial charge in [0.25, 0.3) is 0 Å². The minimum Gasteiger partial charge on any atom is -0.326 e. The lowest BCUT2D eigenvalue weighted by Gasteiger charge is -2.29. The molecule has 0 aliphatic carbocycles. The molecule has 5 heteroatoms. The summed E-state index contributed by atoms with van der Waals surface area (Å²) in [5, 5.41) is 3.45. The average Bonchev–Trinajstić information content (AvgIpc) is 2.57. The summed E-state index contributed by atoms with van der Waals surface area (Å²) in [5.74, 6) is -0.238. The van der Waals surface area contributed by atoms with Gasteiger partial charge in [0, 0.05) is 36.3 Å². The van der Waals surface area contributed by atoms with Crippen LogP contribution >= 0.6 is 11.6 Å². The van der Waals surface area contributed by atoms with Crippen LogP contribution in [0.3, 0.4) is 0 Å². The van der Waals surface area contributed by atoms with Crippen molar-refractivity contribution in [3.05, 3.63) is 58.6 Å². The van der Waals surface area contributed by atoms with E-state index in [0.29, 0.717) is 17.3 Å². The smallest absolute Gasteiger partial charge is 0.226 e. The molecule has 2 aromatic rings. The van der Waals surface area contributed by atoms with E-state index >= 15 is 0 Å². The normalized spacial score (nSPS) is 11.2. The number of hydrogen-bond acceptors (Lipinski definition) is 2. The first-order valence-electron chi connectivity index (χ1n) is 9.03. The number of nitrogens with one attached hydrogen (secondary N) is 1. The molecule has 0 unspecified atom stereocenters. The Hall–Kier alpha value is -2.33. The number of carbonyl (C=O) groups is 2. The van der Waals surface area contributed by atoms with Crippen LogP contribution in [0, 0.1) is 6.92 Å². The molecule has 2 amide bonds. The van der Waals surface area contributed by atoms with Crippen LogP contribution in [-0.2, 0) is 15.0 Å². The van der Waals surface area contributed by atoms with Gasteiger partial charge in [0.2, 0.25) is 11.8 Å². The maximum atomic E-state index is 12.4. The second-order valence-electron chi connectivity index (χ2n) is 7.70. The Morgan fingerprint density at radius 2 is 1.78 bits per heavy atom. The molecule has 27 heavy (non-hydrogen) atoms. The molecule has 0 aliphatic rings. The molecule has 1 N–H and O–H groups in total. The van der Waals surface area contributed by atoms with Gasteiger partial charge in [-0.3, -0.25) is 9.59 Å². The second-order valence-corrected chi connectivity index (χ2v) is 8.13. The Morgan fingerprint density at radius 3 is 2.41 bits per heavy atom. The van der Waals surface area contributed by atoms with E-state index in [-0.39, 0.29) is 23.7 Å². The predicted molar refractivity (Wildman–Crippen MR) is 113 cm³/mol. The first kappa shape index (κ1) is 21.0. The van der Waals surface area contributed by atoms with Gasteiger partial charge in [-0.25, -0.2) is 0 Å². The van der Waals surface area contributed by atoms with Crippen molar-refractivity contribution in [1.29, 1.82) is 0 Å². The molecule has 2 aromatic carbocycles. The molecule has 0 bridgehead atoms. The molecular weight excluding hydrogens is 360 g/mol. The maximum Gasteiger partial charge on any atom is 0.226 e. The number of benzene rings is 2. The molecule has 0 fully saturated rings. The molecule has 0 saturated heterocycles. The van der Waals surface area contributed by atoms with Crippen molar-refractivity contribution >= 4 is 34.8 Å². The summed E-state index contributed by atoms with van der Waals surface area (Å²) in [5.41, 5.74) is 3.45. The van der Waals surface area contributed by atoms with Gasteiger partial charge in [-0.15, -0.1) is 0 Å². The number of aryl methyl sites for hydroxylation is 1. The van der Waals surface area contributed by atoms with E-state index in [9.17, 15) is 9.59 Å². The first-order chi connectivity index (χ1) is 12.6. The standard InChI is InChI=1S/C22H27ClN2O2/c1-15-10-11-17(23)14-19(15)24-21(27)12-13-25(16(2)26)20-9-7-6-8-18(20)22(3,4)5/h6-11,14H,12-13H2,1-5H3,(H,24,27). The molecule has 0 radical (unpaired) electrons. The van der Waals surface area contributed by atoms with Crippen molar-refractivity contribution in [3.8, 4) is 0 Å². The summed E-state index contributed by atoms with van der Waals surface area (Å²) in [6, 6.07) is 13.2. The topological polar surface area (TPSA) is 49.4 Å². The molecule has 0 aliphatic heterocycles. The van der Waals surface area contributed by atoms with Crippen LogP contribution in [0.1, 0.15) is 45.2 Å². The minimum absolute atomic E-state index is 0.0848. The van der Waals surface area contributed by atoms with Crippen LogP contribution < -0.4 is 10.2 Å². The van der Waals surface area contributed by atoms with Crippen molar-refractivity contribution in [2.24, 2.45) is 0 Å². The van der Waals surface area contributed by atoms with Gasteiger partial charge in [-0.05, 0) is 41.7 Å². The molecule has 4 nitrogen and oxygen atoms in total. The fraction of sp³-hybridized carbons (Fsp3) is 0.364. The molecule has 0 aromatic heterocycles. The largest absolute Gasteiger partial charge is 0.326 e. The van der Waals surface area contributed by atoms with Gasteiger partial charge in [0.15, 0.2) is 0 Å². The number of rotatable bonds is 5. The van der Waals surface area contributed by atoms with Gasteiger partial charge in [0.05, 0.1) is 0 Å². The average molecular weight is 387 g/mol. The third-order valence-electron chi connectivity index (χ3n) is 4.42. The Bertz CT molecular complexity index is 840. The summed E-state index contributed by atoms with van der Waals surface area (Å²) < 4.78 is 0. The second kappa shape index (κ2) is 8.57. The molecule has 0 heterocycles. The Labute approximate surface area is 166 Å². The molecule has 2 rings (SSSR count). The molecule has 0 atom stereocenters. The Kier molecular flexibility index (Phi) is 6.66. The molecule has 144 valence electrons. The van der Waals surface area contributed by atoms with E-state index in [1.165, 1.54) is 6.92 Å². The molecular formula is C22H27ClN2O2. The summed E-state index contributed by atoms with van der Waals surface area (Å²) in [6.45, 7) is 10.1. The van der Waals surface area contributed by atoms with Gasteiger partial charge in [-0.1, -0.05) is 56.6 Å². The monoisotopic (exact) mass is 386 g/mol. The highest BCUT2D eigenvalue weighted by atomic mass is 35.5. The zero-order valence-electron chi connectivity index (χ0n) is 16.6.